The maximum absolute atomic E-state index is 12.5. The van der Waals surface area contributed by atoms with Crippen LogP contribution in [0.25, 0.3) is 0 Å². The normalized spacial score (nSPS) is 23.7. The first kappa shape index (κ1) is 15.6. The predicted molar refractivity (Wildman–Crippen MR) is 83.2 cm³/mol. The molecule has 3 rings (SSSR count). The van der Waals surface area contributed by atoms with Gasteiger partial charge in [-0.2, -0.15) is 0 Å². The van der Waals surface area contributed by atoms with Crippen molar-refractivity contribution < 1.29 is 19.1 Å². The summed E-state index contributed by atoms with van der Waals surface area (Å²) in [4.78, 5) is 17.9. The summed E-state index contributed by atoms with van der Waals surface area (Å²) < 4.78 is 11.0. The number of benzene rings is 1. The first-order chi connectivity index (χ1) is 11.1. The minimum atomic E-state index is -0.743. The van der Waals surface area contributed by atoms with Gasteiger partial charge in [-0.25, -0.2) is 4.98 Å². The van der Waals surface area contributed by atoms with E-state index in [1.54, 1.807) is 14.0 Å². The van der Waals surface area contributed by atoms with Crippen LogP contribution in [0.5, 0.6) is 5.75 Å². The van der Waals surface area contributed by atoms with E-state index in [4.69, 9.17) is 9.15 Å². The number of nitrogens with zero attached hydrogens (tertiary/aromatic N) is 2. The molecule has 6 nitrogen and oxygen atoms in total. The summed E-state index contributed by atoms with van der Waals surface area (Å²) in [5, 5.41) is 10.5. The number of hydrogen-bond acceptors (Lipinski definition) is 5. The molecule has 6 heteroatoms. The van der Waals surface area contributed by atoms with Gasteiger partial charge in [-0.1, -0.05) is 18.2 Å². The van der Waals surface area contributed by atoms with Crippen LogP contribution in [-0.2, 0) is 0 Å². The summed E-state index contributed by atoms with van der Waals surface area (Å²) in [6.45, 7) is 1.72. The predicted octanol–water partition coefficient (Wildman–Crippen LogP) is 2.03. The van der Waals surface area contributed by atoms with Gasteiger partial charge in [0.05, 0.1) is 11.7 Å². The number of para-hydroxylation sites is 1. The number of amides is 1. The Kier molecular flexibility index (Phi) is 4.34. The summed E-state index contributed by atoms with van der Waals surface area (Å²) in [5.74, 6) is 0.661. The van der Waals surface area contributed by atoms with Crippen molar-refractivity contribution in [3.05, 3.63) is 48.2 Å². The molecular formula is C17H20N2O4. The van der Waals surface area contributed by atoms with E-state index in [0.29, 0.717) is 18.5 Å². The van der Waals surface area contributed by atoms with Crippen LogP contribution in [-0.4, -0.2) is 46.2 Å². The largest absolute Gasteiger partial charge is 0.488 e. The lowest BCUT2D eigenvalue weighted by Gasteiger charge is -2.28. The Bertz CT molecular complexity index is 670. The molecule has 3 atom stereocenters. The molecule has 0 spiro atoms. The van der Waals surface area contributed by atoms with Crippen molar-refractivity contribution >= 4 is 5.91 Å². The van der Waals surface area contributed by atoms with Gasteiger partial charge in [0.15, 0.2) is 6.39 Å². The van der Waals surface area contributed by atoms with Crippen LogP contribution in [0, 0.1) is 6.92 Å². The Morgan fingerprint density at radius 1 is 1.35 bits per heavy atom. The number of aryl methyl sites for hydroxylation is 1. The van der Waals surface area contributed by atoms with Crippen molar-refractivity contribution in [2.24, 2.45) is 0 Å². The standard InChI is InChI=1S/C17H20N2O4/c1-11-16(22-10-18-11)17(21)19(2)13-8-9-14(15(13)20)23-12-6-4-3-5-7-12/h3-7,10,13-15,20H,8-9H2,1-2H3/t13-,14-,15-/m1/s1. The van der Waals surface area contributed by atoms with E-state index in [2.05, 4.69) is 4.98 Å². The van der Waals surface area contributed by atoms with E-state index >= 15 is 0 Å². The van der Waals surface area contributed by atoms with Crippen LogP contribution >= 0.6 is 0 Å². The third-order valence-electron chi connectivity index (χ3n) is 4.31. The zero-order valence-electron chi connectivity index (χ0n) is 13.2. The highest BCUT2D eigenvalue weighted by atomic mass is 16.5. The first-order valence-corrected chi connectivity index (χ1v) is 7.65. The molecule has 0 radical (unpaired) electrons. The van der Waals surface area contributed by atoms with Crippen molar-refractivity contribution in [3.63, 3.8) is 0 Å². The quantitative estimate of drug-likeness (QED) is 0.934. The highest BCUT2D eigenvalue weighted by Crippen LogP contribution is 2.29. The van der Waals surface area contributed by atoms with Crippen LogP contribution in [0.2, 0.25) is 0 Å². The number of carbonyl (C=O) groups is 1. The van der Waals surface area contributed by atoms with Crippen LogP contribution in [0.1, 0.15) is 29.1 Å². The molecule has 0 unspecified atom stereocenters. The lowest BCUT2D eigenvalue weighted by Crippen LogP contribution is -2.45. The topological polar surface area (TPSA) is 75.8 Å². The van der Waals surface area contributed by atoms with Crippen molar-refractivity contribution in [1.82, 2.24) is 9.88 Å². The Morgan fingerprint density at radius 3 is 2.74 bits per heavy atom. The third kappa shape index (κ3) is 3.07. The van der Waals surface area contributed by atoms with Gasteiger partial charge < -0.3 is 19.2 Å². The number of likely N-dealkylation sites (N-methyl/N-ethyl adjacent to an activating group) is 1. The number of hydrogen-bond donors (Lipinski definition) is 1. The van der Waals surface area contributed by atoms with Crippen LogP contribution in [0.3, 0.4) is 0 Å². The molecule has 1 N–H and O–H groups in total. The summed E-state index contributed by atoms with van der Waals surface area (Å²) >= 11 is 0. The number of rotatable bonds is 4. The molecule has 1 saturated carbocycles. The summed E-state index contributed by atoms with van der Waals surface area (Å²) in [7, 11) is 1.67. The fraction of sp³-hybridized carbons (Fsp3) is 0.412. The Morgan fingerprint density at radius 2 is 2.09 bits per heavy atom. The molecule has 1 aromatic heterocycles. The number of aliphatic hydroxyl groups is 1. The van der Waals surface area contributed by atoms with Gasteiger partial charge in [0.1, 0.15) is 18.0 Å². The molecule has 1 heterocycles. The van der Waals surface area contributed by atoms with Gasteiger partial charge in [-0.05, 0) is 31.9 Å². The molecule has 2 aromatic rings. The van der Waals surface area contributed by atoms with E-state index in [1.165, 1.54) is 11.3 Å². The van der Waals surface area contributed by atoms with Gasteiger partial charge in [-0.15, -0.1) is 0 Å². The summed E-state index contributed by atoms with van der Waals surface area (Å²) in [6, 6.07) is 9.08. The van der Waals surface area contributed by atoms with E-state index < -0.39 is 6.10 Å². The van der Waals surface area contributed by atoms with E-state index in [0.717, 1.165) is 5.75 Å². The Balaban J connectivity index is 1.67. The van der Waals surface area contributed by atoms with Crippen LogP contribution in [0.15, 0.2) is 41.1 Å². The summed E-state index contributed by atoms with van der Waals surface area (Å²) in [6.07, 6.45) is 1.55. The van der Waals surface area contributed by atoms with Crippen molar-refractivity contribution in [1.29, 1.82) is 0 Å². The fourth-order valence-electron chi connectivity index (χ4n) is 2.97. The van der Waals surface area contributed by atoms with Gasteiger partial charge in [0, 0.05) is 7.05 Å². The molecule has 0 saturated heterocycles. The second kappa shape index (κ2) is 6.42. The molecule has 23 heavy (non-hydrogen) atoms. The Labute approximate surface area is 134 Å². The molecule has 1 aliphatic rings. The van der Waals surface area contributed by atoms with Crippen molar-refractivity contribution in [3.8, 4) is 5.75 Å². The maximum Gasteiger partial charge on any atom is 0.291 e. The number of carbonyl (C=O) groups excluding carboxylic acids is 1. The molecule has 1 fully saturated rings. The van der Waals surface area contributed by atoms with E-state index in [-0.39, 0.29) is 23.8 Å². The molecule has 1 amide bonds. The smallest absolute Gasteiger partial charge is 0.291 e. The van der Waals surface area contributed by atoms with Crippen molar-refractivity contribution in [2.45, 2.75) is 38.0 Å². The van der Waals surface area contributed by atoms with E-state index in [9.17, 15) is 9.90 Å². The van der Waals surface area contributed by atoms with Crippen LogP contribution in [0.4, 0.5) is 0 Å². The average molecular weight is 316 g/mol. The summed E-state index contributed by atoms with van der Waals surface area (Å²) in [5.41, 5.74) is 0.548. The minimum absolute atomic E-state index is 0.215. The number of aliphatic hydroxyl groups excluding tert-OH is 1. The lowest BCUT2D eigenvalue weighted by atomic mass is 10.1. The number of aromatic nitrogens is 1. The second-order valence-corrected chi connectivity index (χ2v) is 5.79. The monoisotopic (exact) mass is 316 g/mol. The van der Waals surface area contributed by atoms with E-state index in [1.807, 2.05) is 30.3 Å². The average Bonchev–Trinajstić information content (AvgIpc) is 3.14. The van der Waals surface area contributed by atoms with Crippen molar-refractivity contribution in [2.75, 3.05) is 7.05 Å². The number of ether oxygens (including phenoxy) is 1. The highest BCUT2D eigenvalue weighted by molar-refractivity contribution is 5.92. The van der Waals surface area contributed by atoms with Gasteiger partial charge >= 0.3 is 0 Å². The second-order valence-electron chi connectivity index (χ2n) is 5.79. The van der Waals surface area contributed by atoms with Gasteiger partial charge in [0.25, 0.3) is 5.91 Å². The molecule has 1 aromatic carbocycles. The number of oxazole rings is 1. The third-order valence-corrected chi connectivity index (χ3v) is 4.31. The molecule has 1 aliphatic carbocycles. The lowest BCUT2D eigenvalue weighted by molar-refractivity contribution is 0.0156. The Hall–Kier alpha value is -2.34. The highest BCUT2D eigenvalue weighted by Gasteiger charge is 2.41. The first-order valence-electron chi connectivity index (χ1n) is 7.65. The zero-order valence-corrected chi connectivity index (χ0v) is 13.2. The molecule has 0 aliphatic heterocycles. The SMILES string of the molecule is Cc1ncoc1C(=O)N(C)[C@@H]1CC[C@@H](Oc2ccccc2)[C@@H]1O. The minimum Gasteiger partial charge on any atom is -0.488 e. The van der Waals surface area contributed by atoms with Gasteiger partial charge in [-0.3, -0.25) is 4.79 Å². The van der Waals surface area contributed by atoms with Crippen LogP contribution < -0.4 is 4.74 Å². The maximum atomic E-state index is 12.5. The zero-order chi connectivity index (χ0) is 16.4. The molecule has 0 bridgehead atoms. The molecule has 122 valence electrons. The molecular weight excluding hydrogens is 296 g/mol. The van der Waals surface area contributed by atoms with Gasteiger partial charge in [0.2, 0.25) is 5.76 Å². The fourth-order valence-corrected chi connectivity index (χ4v) is 2.97.